The van der Waals surface area contributed by atoms with Gasteiger partial charge in [0.1, 0.15) is 11.4 Å². The number of carbonyl (C=O) groups is 1. The van der Waals surface area contributed by atoms with Gasteiger partial charge in [-0.25, -0.2) is 4.79 Å². The van der Waals surface area contributed by atoms with Gasteiger partial charge in [0.25, 0.3) is 0 Å². The molecule has 5 nitrogen and oxygen atoms in total. The third kappa shape index (κ3) is 5.07. The smallest absolute Gasteiger partial charge is 0.323 e. The van der Waals surface area contributed by atoms with Crippen LogP contribution < -0.4 is 15.4 Å². The number of para-hydroxylation sites is 1. The number of urea groups is 1. The van der Waals surface area contributed by atoms with Crippen LogP contribution in [-0.4, -0.2) is 18.2 Å². The Morgan fingerprint density at radius 1 is 0.933 bits per heavy atom. The van der Waals surface area contributed by atoms with Gasteiger partial charge in [-0.15, -0.1) is 0 Å². The van der Waals surface area contributed by atoms with E-state index in [1.165, 1.54) is 0 Å². The summed E-state index contributed by atoms with van der Waals surface area (Å²) in [5.74, 6) is 0.761. The highest BCUT2D eigenvalue weighted by atomic mass is 16.5. The quantitative estimate of drug-likeness (QED) is 0.557. The fraction of sp³-hybridized carbons (Fsp3) is 0.160. The number of carbonyl (C=O) groups excluding carboxylic acids is 1. The molecule has 2 amide bonds. The van der Waals surface area contributed by atoms with Crippen molar-refractivity contribution in [3.8, 4) is 5.75 Å². The Labute approximate surface area is 176 Å². The van der Waals surface area contributed by atoms with E-state index in [2.05, 4.69) is 10.6 Å². The number of fused-ring (bicyclic) bond motifs is 1. The summed E-state index contributed by atoms with van der Waals surface area (Å²) in [4.78, 5) is 12.2. The Balaban J connectivity index is 1.35. The van der Waals surface area contributed by atoms with Crippen LogP contribution in [-0.2, 0) is 11.3 Å². The number of nitrogens with one attached hydrogen (secondary N) is 2. The van der Waals surface area contributed by atoms with Crippen molar-refractivity contribution in [2.24, 2.45) is 0 Å². The second-order valence-corrected chi connectivity index (χ2v) is 7.42. The Morgan fingerprint density at radius 3 is 2.40 bits per heavy atom. The number of hydrogen-bond acceptors (Lipinski definition) is 3. The topological polar surface area (TPSA) is 59.6 Å². The van der Waals surface area contributed by atoms with Crippen molar-refractivity contribution < 1.29 is 14.3 Å². The van der Waals surface area contributed by atoms with Gasteiger partial charge in [-0.1, -0.05) is 54.6 Å². The Bertz CT molecular complexity index is 1030. The lowest BCUT2D eigenvalue weighted by molar-refractivity contribution is 0.00632. The Morgan fingerprint density at radius 2 is 1.63 bits per heavy atom. The van der Waals surface area contributed by atoms with Crippen molar-refractivity contribution in [3.63, 3.8) is 0 Å². The van der Waals surface area contributed by atoms with Crippen LogP contribution in [0.2, 0.25) is 0 Å². The molecular weight excluding hydrogens is 376 g/mol. The molecular formula is C25H24N2O3. The van der Waals surface area contributed by atoms with Gasteiger partial charge in [0, 0.05) is 16.9 Å². The number of rotatable bonds is 6. The summed E-state index contributed by atoms with van der Waals surface area (Å²) in [5.41, 5.74) is 2.93. The molecule has 1 unspecified atom stereocenters. The van der Waals surface area contributed by atoms with E-state index in [9.17, 15) is 4.79 Å². The van der Waals surface area contributed by atoms with Crippen LogP contribution in [0.3, 0.4) is 0 Å². The predicted molar refractivity (Wildman–Crippen MR) is 120 cm³/mol. The predicted octanol–water partition coefficient (Wildman–Crippen LogP) is 5.71. The van der Waals surface area contributed by atoms with Crippen LogP contribution in [0.15, 0.2) is 84.9 Å². The summed E-state index contributed by atoms with van der Waals surface area (Å²) in [6, 6.07) is 24.7. The molecule has 3 aromatic carbocycles. The van der Waals surface area contributed by atoms with E-state index in [0.717, 1.165) is 22.6 Å². The standard InChI is InChI=1S/C25H24N2O3/c1-25(18-29-17-19-8-4-2-5-9-19)15-14-20-16-22(12-13-23(20)30-25)27-24(28)26-21-10-6-3-7-11-21/h2-16H,17-18H2,1H3,(H2,26,27,28). The fourth-order valence-corrected chi connectivity index (χ4v) is 3.24. The van der Waals surface area contributed by atoms with E-state index >= 15 is 0 Å². The summed E-state index contributed by atoms with van der Waals surface area (Å²) in [7, 11) is 0. The normalized spacial score (nSPS) is 17.0. The monoisotopic (exact) mass is 400 g/mol. The van der Waals surface area contributed by atoms with Crippen LogP contribution in [0, 0.1) is 0 Å². The Kier molecular flexibility index (Phi) is 5.82. The largest absolute Gasteiger partial charge is 0.480 e. The zero-order chi connectivity index (χ0) is 20.8. The second kappa shape index (κ2) is 8.84. The first-order valence-corrected chi connectivity index (χ1v) is 9.87. The van der Waals surface area contributed by atoms with Crippen LogP contribution in [0.25, 0.3) is 6.08 Å². The van der Waals surface area contributed by atoms with Gasteiger partial charge in [-0.05, 0) is 48.9 Å². The van der Waals surface area contributed by atoms with Crippen LogP contribution in [0.5, 0.6) is 5.75 Å². The van der Waals surface area contributed by atoms with Crippen LogP contribution in [0.1, 0.15) is 18.1 Å². The molecule has 0 spiro atoms. The van der Waals surface area contributed by atoms with E-state index in [1.54, 1.807) is 0 Å². The van der Waals surface area contributed by atoms with Gasteiger partial charge < -0.3 is 20.1 Å². The molecule has 1 heterocycles. The lowest BCUT2D eigenvalue weighted by Crippen LogP contribution is -2.37. The van der Waals surface area contributed by atoms with Crippen molar-refractivity contribution in [1.29, 1.82) is 0 Å². The molecule has 1 aliphatic rings. The van der Waals surface area contributed by atoms with Gasteiger partial charge in [0.2, 0.25) is 0 Å². The first kappa shape index (κ1) is 19.7. The number of hydrogen-bond donors (Lipinski definition) is 2. The molecule has 152 valence electrons. The lowest BCUT2D eigenvalue weighted by Gasteiger charge is -2.31. The molecule has 1 atom stereocenters. The van der Waals surface area contributed by atoms with Gasteiger partial charge >= 0.3 is 6.03 Å². The fourth-order valence-electron chi connectivity index (χ4n) is 3.24. The SMILES string of the molecule is CC1(COCc2ccccc2)C=Cc2cc(NC(=O)Nc3ccccc3)ccc2O1. The molecule has 4 rings (SSSR count). The van der Waals surface area contributed by atoms with E-state index in [-0.39, 0.29) is 6.03 Å². The Hall–Kier alpha value is -3.57. The highest BCUT2D eigenvalue weighted by molar-refractivity contribution is 6.00. The number of ether oxygens (including phenoxy) is 2. The third-order valence-corrected chi connectivity index (χ3v) is 4.76. The molecule has 0 radical (unpaired) electrons. The number of anilines is 2. The number of amides is 2. The molecule has 0 fully saturated rings. The molecule has 3 aromatic rings. The first-order chi connectivity index (χ1) is 14.6. The van der Waals surface area contributed by atoms with Crippen molar-refractivity contribution in [2.45, 2.75) is 19.1 Å². The molecule has 0 bridgehead atoms. The lowest BCUT2D eigenvalue weighted by atomic mass is 10.0. The molecule has 1 aliphatic heterocycles. The minimum absolute atomic E-state index is 0.291. The van der Waals surface area contributed by atoms with Crippen molar-refractivity contribution >= 4 is 23.5 Å². The maximum Gasteiger partial charge on any atom is 0.323 e. The summed E-state index contributed by atoms with van der Waals surface area (Å²) in [5, 5.41) is 5.65. The van der Waals surface area contributed by atoms with E-state index < -0.39 is 5.60 Å². The van der Waals surface area contributed by atoms with Crippen LogP contribution in [0.4, 0.5) is 16.2 Å². The average Bonchev–Trinajstić information content (AvgIpc) is 2.75. The average molecular weight is 400 g/mol. The van der Waals surface area contributed by atoms with Crippen LogP contribution >= 0.6 is 0 Å². The van der Waals surface area contributed by atoms with E-state index in [4.69, 9.17) is 9.47 Å². The highest BCUT2D eigenvalue weighted by Gasteiger charge is 2.28. The summed E-state index contributed by atoms with van der Waals surface area (Å²) in [6.45, 7) is 2.98. The molecule has 0 aromatic heterocycles. The van der Waals surface area contributed by atoms with Gasteiger partial charge in [-0.3, -0.25) is 0 Å². The highest BCUT2D eigenvalue weighted by Crippen LogP contribution is 2.33. The zero-order valence-corrected chi connectivity index (χ0v) is 16.8. The van der Waals surface area contributed by atoms with E-state index in [0.29, 0.717) is 18.9 Å². The second-order valence-electron chi connectivity index (χ2n) is 7.42. The summed E-state index contributed by atoms with van der Waals surface area (Å²) in [6.07, 6.45) is 4.00. The summed E-state index contributed by atoms with van der Waals surface area (Å²) >= 11 is 0. The zero-order valence-electron chi connectivity index (χ0n) is 16.8. The molecule has 2 N–H and O–H groups in total. The van der Waals surface area contributed by atoms with Crippen molar-refractivity contribution in [2.75, 3.05) is 17.2 Å². The molecule has 0 saturated carbocycles. The third-order valence-electron chi connectivity index (χ3n) is 4.76. The van der Waals surface area contributed by atoms with Crippen molar-refractivity contribution in [1.82, 2.24) is 0 Å². The molecule has 0 saturated heterocycles. The first-order valence-electron chi connectivity index (χ1n) is 9.87. The van der Waals surface area contributed by atoms with Gasteiger partial charge in [0.05, 0.1) is 13.2 Å². The minimum Gasteiger partial charge on any atom is -0.480 e. The van der Waals surface area contributed by atoms with Gasteiger partial charge in [-0.2, -0.15) is 0 Å². The van der Waals surface area contributed by atoms with Gasteiger partial charge in [0.15, 0.2) is 0 Å². The number of benzene rings is 3. The summed E-state index contributed by atoms with van der Waals surface area (Å²) < 4.78 is 12.0. The maximum atomic E-state index is 12.2. The van der Waals surface area contributed by atoms with Crippen molar-refractivity contribution in [3.05, 3.63) is 96.1 Å². The molecule has 0 aliphatic carbocycles. The maximum absolute atomic E-state index is 12.2. The minimum atomic E-state index is -0.540. The molecule has 30 heavy (non-hydrogen) atoms. The molecule has 5 heteroatoms. The van der Waals surface area contributed by atoms with E-state index in [1.807, 2.05) is 97.9 Å².